The van der Waals surface area contributed by atoms with E-state index < -0.39 is 23.9 Å². The first-order valence-electron chi connectivity index (χ1n) is 13.3. The SMILES string of the molecule is CCOC(=O)C1=C(C)NC(=O)NC1c1ccc(OCC(=O)N/N=C/c2cc(C)n(-c3ccc(Cl)c(Cl)c3)c2C)c(OC)c1. The Morgan fingerprint density at radius 1 is 1.07 bits per heavy atom. The number of ether oxygens (including phenoxy) is 3. The van der Waals surface area contributed by atoms with Crippen molar-refractivity contribution in [3.05, 3.63) is 86.3 Å². The predicted molar refractivity (Wildman–Crippen MR) is 163 cm³/mol. The van der Waals surface area contributed by atoms with Gasteiger partial charge in [-0.1, -0.05) is 29.3 Å². The average Bonchev–Trinajstić information content (AvgIpc) is 3.25. The Bertz CT molecular complexity index is 1630. The number of amides is 3. The highest BCUT2D eigenvalue weighted by atomic mass is 35.5. The number of nitrogens with zero attached hydrogens (tertiary/aromatic N) is 2. The van der Waals surface area contributed by atoms with E-state index in [1.54, 1.807) is 50.4 Å². The van der Waals surface area contributed by atoms with E-state index in [9.17, 15) is 14.4 Å². The Morgan fingerprint density at radius 3 is 2.53 bits per heavy atom. The number of hydrogen-bond acceptors (Lipinski definition) is 7. The molecule has 11 nitrogen and oxygen atoms in total. The van der Waals surface area contributed by atoms with Crippen LogP contribution < -0.4 is 25.5 Å². The maximum atomic E-state index is 12.6. The van der Waals surface area contributed by atoms with E-state index in [4.69, 9.17) is 37.4 Å². The Morgan fingerprint density at radius 2 is 1.84 bits per heavy atom. The number of carbonyl (C=O) groups is 3. The third-order valence-corrected chi connectivity index (χ3v) is 7.41. The fourth-order valence-electron chi connectivity index (χ4n) is 4.70. The van der Waals surface area contributed by atoms with E-state index in [2.05, 4.69) is 21.2 Å². The third-order valence-electron chi connectivity index (χ3n) is 6.67. The monoisotopic (exact) mass is 627 g/mol. The molecule has 4 rings (SSSR count). The Balaban J connectivity index is 1.42. The molecule has 3 aromatic rings. The zero-order valence-electron chi connectivity index (χ0n) is 24.2. The normalized spacial score (nSPS) is 14.8. The summed E-state index contributed by atoms with van der Waals surface area (Å²) in [6.45, 7) is 7.05. The smallest absolute Gasteiger partial charge is 0.338 e. The largest absolute Gasteiger partial charge is 0.493 e. The van der Waals surface area contributed by atoms with Gasteiger partial charge in [-0.05, 0) is 69.7 Å². The van der Waals surface area contributed by atoms with Gasteiger partial charge < -0.3 is 29.4 Å². The van der Waals surface area contributed by atoms with Gasteiger partial charge in [0.1, 0.15) is 0 Å². The molecule has 3 N–H and O–H groups in total. The summed E-state index contributed by atoms with van der Waals surface area (Å²) in [7, 11) is 1.44. The lowest BCUT2D eigenvalue weighted by atomic mass is 9.95. The number of allylic oxidation sites excluding steroid dienone is 1. The van der Waals surface area contributed by atoms with Gasteiger partial charge in [0.05, 0.1) is 41.6 Å². The molecule has 226 valence electrons. The van der Waals surface area contributed by atoms with Gasteiger partial charge >= 0.3 is 12.0 Å². The number of urea groups is 1. The molecule has 1 aliphatic heterocycles. The quantitative estimate of drug-likeness (QED) is 0.162. The molecule has 0 spiro atoms. The maximum Gasteiger partial charge on any atom is 0.338 e. The first kappa shape index (κ1) is 31.5. The van der Waals surface area contributed by atoms with Crippen LogP contribution in [0.3, 0.4) is 0 Å². The Hall–Kier alpha value is -4.48. The highest BCUT2D eigenvalue weighted by Gasteiger charge is 2.32. The average molecular weight is 629 g/mol. The lowest BCUT2D eigenvalue weighted by Gasteiger charge is -2.28. The van der Waals surface area contributed by atoms with Crippen LogP contribution in [-0.4, -0.2) is 49.0 Å². The minimum absolute atomic E-state index is 0.184. The first-order valence-corrected chi connectivity index (χ1v) is 14.0. The minimum Gasteiger partial charge on any atom is -0.493 e. The molecule has 0 bridgehead atoms. The van der Waals surface area contributed by atoms with Crippen LogP contribution in [0, 0.1) is 13.8 Å². The fourth-order valence-corrected chi connectivity index (χ4v) is 4.99. The lowest BCUT2D eigenvalue weighted by molar-refractivity contribution is -0.139. The van der Waals surface area contributed by atoms with E-state index in [1.165, 1.54) is 7.11 Å². The van der Waals surface area contributed by atoms with Crippen molar-refractivity contribution in [1.82, 2.24) is 20.6 Å². The summed E-state index contributed by atoms with van der Waals surface area (Å²) >= 11 is 12.2. The standard InChI is InChI=1S/C30H31Cl2N5O6/c1-6-42-29(39)27-17(3)34-30(40)35-28(27)19-7-10-24(25(12-19)41-5)43-15-26(38)36-33-14-20-11-16(2)37(18(20)4)21-8-9-22(31)23(32)13-21/h7-14,28H,6,15H2,1-5H3,(H,36,38)(H2,34,35,40)/b33-14+. The number of aryl methyl sites for hydroxylation is 1. The van der Waals surface area contributed by atoms with Gasteiger partial charge in [0.2, 0.25) is 0 Å². The summed E-state index contributed by atoms with van der Waals surface area (Å²) in [5.41, 5.74) is 7.19. The zero-order valence-corrected chi connectivity index (χ0v) is 25.7. The van der Waals surface area contributed by atoms with Gasteiger partial charge in [-0.25, -0.2) is 15.0 Å². The molecule has 1 aromatic heterocycles. The fraction of sp³-hybridized carbons (Fsp3) is 0.267. The molecule has 13 heteroatoms. The molecule has 1 unspecified atom stereocenters. The van der Waals surface area contributed by atoms with Gasteiger partial charge in [-0.15, -0.1) is 0 Å². The van der Waals surface area contributed by atoms with E-state index in [1.807, 2.05) is 30.5 Å². The number of hydrazone groups is 1. The highest BCUT2D eigenvalue weighted by Crippen LogP contribution is 2.34. The number of nitrogens with one attached hydrogen (secondary N) is 3. The highest BCUT2D eigenvalue weighted by molar-refractivity contribution is 6.42. The zero-order chi connectivity index (χ0) is 31.3. The van der Waals surface area contributed by atoms with Crippen molar-refractivity contribution in [2.45, 2.75) is 33.7 Å². The van der Waals surface area contributed by atoms with Crippen molar-refractivity contribution < 1.29 is 28.6 Å². The molecule has 0 saturated carbocycles. The van der Waals surface area contributed by atoms with Gasteiger partial charge in [0.15, 0.2) is 18.1 Å². The van der Waals surface area contributed by atoms with Gasteiger partial charge in [0, 0.05) is 28.3 Å². The number of benzene rings is 2. The molecule has 0 radical (unpaired) electrons. The van der Waals surface area contributed by atoms with Crippen LogP contribution in [0.2, 0.25) is 10.0 Å². The molecular formula is C30H31Cl2N5O6. The van der Waals surface area contributed by atoms with Crippen LogP contribution in [-0.2, 0) is 14.3 Å². The molecule has 0 saturated heterocycles. The molecular weight excluding hydrogens is 597 g/mol. The van der Waals surface area contributed by atoms with Gasteiger partial charge in [0.25, 0.3) is 5.91 Å². The van der Waals surface area contributed by atoms with E-state index >= 15 is 0 Å². The number of aromatic nitrogens is 1. The first-order chi connectivity index (χ1) is 20.5. The van der Waals surface area contributed by atoms with Crippen LogP contribution in [0.15, 0.2) is 58.8 Å². The lowest BCUT2D eigenvalue weighted by Crippen LogP contribution is -2.45. The van der Waals surface area contributed by atoms with Crippen molar-refractivity contribution in [3.8, 4) is 17.2 Å². The summed E-state index contributed by atoms with van der Waals surface area (Å²) in [5.74, 6) is -0.453. The Labute approximate surface area is 258 Å². The number of halogens is 2. The van der Waals surface area contributed by atoms with Crippen molar-refractivity contribution in [2.75, 3.05) is 20.3 Å². The van der Waals surface area contributed by atoms with Crippen LogP contribution in [0.1, 0.15) is 42.4 Å². The molecule has 2 heterocycles. The predicted octanol–water partition coefficient (Wildman–Crippen LogP) is 5.13. The molecule has 1 atom stereocenters. The van der Waals surface area contributed by atoms with Crippen molar-refractivity contribution in [3.63, 3.8) is 0 Å². The Kier molecular flexibility index (Phi) is 9.99. The van der Waals surface area contributed by atoms with Crippen molar-refractivity contribution >= 4 is 47.3 Å². The molecule has 2 aromatic carbocycles. The second-order valence-electron chi connectivity index (χ2n) is 9.54. The van der Waals surface area contributed by atoms with Gasteiger partial charge in [-0.3, -0.25) is 4.79 Å². The van der Waals surface area contributed by atoms with Crippen LogP contribution in [0.5, 0.6) is 11.5 Å². The molecule has 43 heavy (non-hydrogen) atoms. The second-order valence-corrected chi connectivity index (χ2v) is 10.4. The van der Waals surface area contributed by atoms with Crippen LogP contribution >= 0.6 is 23.2 Å². The summed E-state index contributed by atoms with van der Waals surface area (Å²) in [5, 5.41) is 10.3. The third kappa shape index (κ3) is 7.12. The molecule has 3 amide bonds. The minimum atomic E-state index is -0.771. The molecule has 0 aliphatic carbocycles. The number of methoxy groups -OCH3 is 1. The second kappa shape index (κ2) is 13.7. The summed E-state index contributed by atoms with van der Waals surface area (Å²) in [6.07, 6.45) is 1.55. The van der Waals surface area contributed by atoms with E-state index in [0.717, 1.165) is 22.6 Å². The number of carbonyl (C=O) groups excluding carboxylic acids is 3. The number of esters is 1. The maximum absolute atomic E-state index is 12.6. The van der Waals surface area contributed by atoms with E-state index in [0.29, 0.717) is 27.1 Å². The topological polar surface area (TPSA) is 132 Å². The van der Waals surface area contributed by atoms with Crippen molar-refractivity contribution in [2.24, 2.45) is 5.10 Å². The van der Waals surface area contributed by atoms with Gasteiger partial charge in [-0.2, -0.15) is 5.10 Å². The summed E-state index contributed by atoms with van der Waals surface area (Å²) < 4.78 is 18.3. The summed E-state index contributed by atoms with van der Waals surface area (Å²) in [6, 6.07) is 11.0. The molecule has 0 fully saturated rings. The van der Waals surface area contributed by atoms with Crippen LogP contribution in [0.4, 0.5) is 4.79 Å². The number of hydrogen-bond donors (Lipinski definition) is 3. The summed E-state index contributed by atoms with van der Waals surface area (Å²) in [4.78, 5) is 37.2. The van der Waals surface area contributed by atoms with Crippen molar-refractivity contribution in [1.29, 1.82) is 0 Å². The number of rotatable bonds is 10. The van der Waals surface area contributed by atoms with E-state index in [-0.39, 0.29) is 24.5 Å². The van der Waals surface area contributed by atoms with Crippen LogP contribution in [0.25, 0.3) is 5.69 Å². The molecule has 1 aliphatic rings.